The first-order valence-corrected chi connectivity index (χ1v) is 6.18. The minimum Gasteiger partial charge on any atom is -0.403 e. The quantitative estimate of drug-likeness (QED) is 0.770. The summed E-state index contributed by atoms with van der Waals surface area (Å²) in [6.07, 6.45) is 3.24. The third kappa shape index (κ3) is 3.21. The molecule has 7 heteroatoms. The predicted molar refractivity (Wildman–Crippen MR) is 76.6 cm³/mol. The van der Waals surface area contributed by atoms with Gasteiger partial charge >= 0.3 is 12.0 Å². The minimum atomic E-state index is -0.453. The number of carbonyl (C=O) groups is 1. The number of amides is 2. The summed E-state index contributed by atoms with van der Waals surface area (Å²) < 4.78 is 5.36. The molecule has 0 bridgehead atoms. The maximum atomic E-state index is 11.8. The van der Waals surface area contributed by atoms with Crippen LogP contribution in [-0.4, -0.2) is 21.2 Å². The summed E-state index contributed by atoms with van der Waals surface area (Å²) in [7, 11) is 0. The largest absolute Gasteiger partial charge is 0.403 e. The van der Waals surface area contributed by atoms with E-state index in [0.717, 1.165) is 5.56 Å². The second kappa shape index (κ2) is 5.83. The SMILES string of the molecule is O=C(Nc1ccccc1)Nc1nnc(-c2ccncc2)o1. The Labute approximate surface area is 120 Å². The van der Waals surface area contributed by atoms with E-state index in [2.05, 4.69) is 25.8 Å². The molecule has 7 nitrogen and oxygen atoms in total. The number of benzene rings is 1. The van der Waals surface area contributed by atoms with Crippen LogP contribution >= 0.6 is 0 Å². The molecule has 0 atom stereocenters. The van der Waals surface area contributed by atoms with Crippen molar-refractivity contribution < 1.29 is 9.21 Å². The Bertz CT molecular complexity index is 727. The molecule has 0 spiro atoms. The summed E-state index contributed by atoms with van der Waals surface area (Å²) in [5.41, 5.74) is 1.40. The van der Waals surface area contributed by atoms with E-state index in [0.29, 0.717) is 11.6 Å². The van der Waals surface area contributed by atoms with Crippen molar-refractivity contribution in [2.45, 2.75) is 0 Å². The lowest BCUT2D eigenvalue weighted by molar-refractivity contribution is 0.261. The van der Waals surface area contributed by atoms with Gasteiger partial charge in [-0.3, -0.25) is 10.3 Å². The van der Waals surface area contributed by atoms with Crippen molar-refractivity contribution in [3.05, 3.63) is 54.9 Å². The molecule has 0 aliphatic carbocycles. The molecule has 2 N–H and O–H groups in total. The Morgan fingerprint density at radius 3 is 2.48 bits per heavy atom. The molecule has 2 amide bonds. The maximum absolute atomic E-state index is 11.8. The van der Waals surface area contributed by atoms with Crippen LogP contribution in [0.5, 0.6) is 0 Å². The number of pyridine rings is 1. The standard InChI is InChI=1S/C14H11N5O2/c20-13(16-11-4-2-1-3-5-11)17-14-19-18-12(21-14)10-6-8-15-9-7-10/h1-9H,(H2,16,17,19,20). The van der Waals surface area contributed by atoms with Gasteiger partial charge in [0, 0.05) is 23.6 Å². The fourth-order valence-corrected chi connectivity index (χ4v) is 1.67. The number of nitrogens with zero attached hydrogens (tertiary/aromatic N) is 3. The van der Waals surface area contributed by atoms with Crippen LogP contribution in [0.4, 0.5) is 16.5 Å². The molecule has 0 aliphatic heterocycles. The zero-order valence-corrected chi connectivity index (χ0v) is 10.9. The van der Waals surface area contributed by atoms with E-state index >= 15 is 0 Å². The van der Waals surface area contributed by atoms with E-state index in [-0.39, 0.29) is 6.01 Å². The van der Waals surface area contributed by atoms with Crippen LogP contribution < -0.4 is 10.6 Å². The summed E-state index contributed by atoms with van der Waals surface area (Å²) >= 11 is 0. The summed E-state index contributed by atoms with van der Waals surface area (Å²) in [5, 5.41) is 12.8. The van der Waals surface area contributed by atoms with Gasteiger partial charge in [0.15, 0.2) is 0 Å². The highest BCUT2D eigenvalue weighted by atomic mass is 16.4. The van der Waals surface area contributed by atoms with Gasteiger partial charge in [0.2, 0.25) is 5.89 Å². The van der Waals surface area contributed by atoms with E-state index in [1.165, 1.54) is 0 Å². The van der Waals surface area contributed by atoms with E-state index in [1.807, 2.05) is 18.2 Å². The highest BCUT2D eigenvalue weighted by Crippen LogP contribution is 2.18. The first kappa shape index (κ1) is 12.8. The first-order chi connectivity index (χ1) is 10.3. The summed E-state index contributed by atoms with van der Waals surface area (Å²) in [6.45, 7) is 0. The number of hydrogen-bond acceptors (Lipinski definition) is 5. The van der Waals surface area contributed by atoms with Crippen molar-refractivity contribution in [1.82, 2.24) is 15.2 Å². The molecule has 1 aromatic carbocycles. The number of carbonyl (C=O) groups excluding carboxylic acids is 1. The second-order valence-electron chi connectivity index (χ2n) is 4.09. The number of nitrogens with one attached hydrogen (secondary N) is 2. The second-order valence-corrected chi connectivity index (χ2v) is 4.09. The Kier molecular flexibility index (Phi) is 3.55. The third-order valence-corrected chi connectivity index (χ3v) is 2.60. The summed E-state index contributed by atoms with van der Waals surface area (Å²) in [5.74, 6) is 0.312. The van der Waals surface area contributed by atoms with Crippen LogP contribution in [-0.2, 0) is 0 Å². The number of rotatable bonds is 3. The maximum Gasteiger partial charge on any atom is 0.327 e. The van der Waals surface area contributed by atoms with Crippen LogP contribution in [0.2, 0.25) is 0 Å². The van der Waals surface area contributed by atoms with E-state index in [9.17, 15) is 4.79 Å². The monoisotopic (exact) mass is 281 g/mol. The van der Waals surface area contributed by atoms with Crippen molar-refractivity contribution >= 4 is 17.7 Å². The first-order valence-electron chi connectivity index (χ1n) is 6.18. The number of para-hydroxylation sites is 1. The average Bonchev–Trinajstić information content (AvgIpc) is 2.97. The normalized spacial score (nSPS) is 10.1. The Morgan fingerprint density at radius 2 is 1.71 bits per heavy atom. The lowest BCUT2D eigenvalue weighted by atomic mass is 10.3. The smallest absolute Gasteiger partial charge is 0.327 e. The average molecular weight is 281 g/mol. The predicted octanol–water partition coefficient (Wildman–Crippen LogP) is 2.78. The van der Waals surface area contributed by atoms with Crippen LogP contribution in [0, 0.1) is 0 Å². The minimum absolute atomic E-state index is 0.0234. The molecular weight excluding hydrogens is 270 g/mol. The van der Waals surface area contributed by atoms with Gasteiger partial charge in [0.25, 0.3) is 0 Å². The molecule has 3 aromatic rings. The van der Waals surface area contributed by atoms with Crippen molar-refractivity contribution in [2.24, 2.45) is 0 Å². The Hall–Kier alpha value is -3.22. The third-order valence-electron chi connectivity index (χ3n) is 2.60. The molecule has 0 fully saturated rings. The van der Waals surface area contributed by atoms with Gasteiger partial charge in [-0.15, -0.1) is 5.10 Å². The van der Waals surface area contributed by atoms with Crippen LogP contribution in [0.1, 0.15) is 0 Å². The molecule has 0 radical (unpaired) electrons. The molecule has 104 valence electrons. The molecule has 21 heavy (non-hydrogen) atoms. The molecule has 0 saturated carbocycles. The molecule has 2 heterocycles. The summed E-state index contributed by atoms with van der Waals surface area (Å²) in [6, 6.07) is 12.1. The fraction of sp³-hybridized carbons (Fsp3) is 0. The number of anilines is 2. The number of aromatic nitrogens is 3. The summed E-state index contributed by atoms with van der Waals surface area (Å²) in [4.78, 5) is 15.7. The van der Waals surface area contributed by atoms with Crippen molar-refractivity contribution in [2.75, 3.05) is 10.6 Å². The number of hydrogen-bond donors (Lipinski definition) is 2. The van der Waals surface area contributed by atoms with Gasteiger partial charge in [-0.2, -0.15) is 0 Å². The van der Waals surface area contributed by atoms with Gasteiger partial charge in [0.1, 0.15) is 0 Å². The van der Waals surface area contributed by atoms with Crippen LogP contribution in [0.3, 0.4) is 0 Å². The van der Waals surface area contributed by atoms with Crippen molar-refractivity contribution in [1.29, 1.82) is 0 Å². The van der Waals surface area contributed by atoms with Gasteiger partial charge < -0.3 is 9.73 Å². The Balaban J connectivity index is 1.66. The lowest BCUT2D eigenvalue weighted by Crippen LogP contribution is -2.19. The zero-order valence-electron chi connectivity index (χ0n) is 10.9. The van der Waals surface area contributed by atoms with E-state index < -0.39 is 6.03 Å². The van der Waals surface area contributed by atoms with E-state index in [4.69, 9.17) is 4.42 Å². The van der Waals surface area contributed by atoms with Crippen LogP contribution in [0.25, 0.3) is 11.5 Å². The Morgan fingerprint density at radius 1 is 0.952 bits per heavy atom. The highest BCUT2D eigenvalue weighted by Gasteiger charge is 2.11. The van der Waals surface area contributed by atoms with Gasteiger partial charge in [-0.25, -0.2) is 4.79 Å². The highest BCUT2D eigenvalue weighted by molar-refractivity contribution is 5.98. The molecule has 2 aromatic heterocycles. The van der Waals surface area contributed by atoms with Crippen molar-refractivity contribution in [3.8, 4) is 11.5 Å². The topological polar surface area (TPSA) is 92.9 Å². The molecule has 0 unspecified atom stereocenters. The van der Waals surface area contributed by atoms with Crippen LogP contribution in [0.15, 0.2) is 59.3 Å². The lowest BCUT2D eigenvalue weighted by Gasteiger charge is -2.03. The fourth-order valence-electron chi connectivity index (χ4n) is 1.67. The molecular formula is C14H11N5O2. The van der Waals surface area contributed by atoms with Gasteiger partial charge in [0.05, 0.1) is 0 Å². The molecule has 0 aliphatic rings. The number of urea groups is 1. The van der Waals surface area contributed by atoms with Crippen molar-refractivity contribution in [3.63, 3.8) is 0 Å². The van der Waals surface area contributed by atoms with Gasteiger partial charge in [-0.1, -0.05) is 23.3 Å². The molecule has 0 saturated heterocycles. The van der Waals surface area contributed by atoms with E-state index in [1.54, 1.807) is 36.7 Å². The van der Waals surface area contributed by atoms with Gasteiger partial charge in [-0.05, 0) is 24.3 Å². The zero-order chi connectivity index (χ0) is 14.5. The molecule has 3 rings (SSSR count).